The predicted molar refractivity (Wildman–Crippen MR) is 140 cm³/mol. The summed E-state index contributed by atoms with van der Waals surface area (Å²) in [6.45, 7) is 9.96. The molecule has 1 saturated heterocycles. The number of anilines is 2. The zero-order valence-corrected chi connectivity index (χ0v) is 22.7. The van der Waals surface area contributed by atoms with Crippen molar-refractivity contribution in [1.82, 2.24) is 29.6 Å². The zero-order valence-electron chi connectivity index (χ0n) is 22.7. The number of benzene rings is 1. The first-order chi connectivity index (χ1) is 18.5. The molecule has 208 valence electrons. The van der Waals surface area contributed by atoms with E-state index in [2.05, 4.69) is 25.0 Å². The van der Waals surface area contributed by atoms with Gasteiger partial charge in [-0.2, -0.15) is 18.3 Å². The number of rotatable bonds is 5. The van der Waals surface area contributed by atoms with Gasteiger partial charge in [0.05, 0.1) is 23.6 Å². The summed E-state index contributed by atoms with van der Waals surface area (Å²) in [5, 5.41) is 4.29. The highest BCUT2D eigenvalue weighted by atomic mass is 19.4. The van der Waals surface area contributed by atoms with Gasteiger partial charge in [0.1, 0.15) is 24.0 Å². The van der Waals surface area contributed by atoms with Crippen LogP contribution in [-0.4, -0.2) is 67.8 Å². The lowest BCUT2D eigenvalue weighted by Crippen LogP contribution is -2.55. The van der Waals surface area contributed by atoms with Crippen LogP contribution in [0.4, 0.5) is 24.5 Å². The molecule has 1 atom stereocenters. The van der Waals surface area contributed by atoms with E-state index in [1.54, 1.807) is 30.1 Å². The lowest BCUT2D eigenvalue weighted by Gasteiger charge is -2.43. The van der Waals surface area contributed by atoms with Crippen molar-refractivity contribution in [2.75, 3.05) is 36.0 Å². The van der Waals surface area contributed by atoms with Crippen LogP contribution in [0.1, 0.15) is 48.0 Å². The number of hydrogen-bond acceptors (Lipinski definition) is 7. The monoisotopic (exact) mass is 542 g/mol. The van der Waals surface area contributed by atoms with E-state index < -0.39 is 11.7 Å². The fourth-order valence-electron chi connectivity index (χ4n) is 5.61. The molecule has 0 aliphatic carbocycles. The van der Waals surface area contributed by atoms with Crippen molar-refractivity contribution in [2.45, 2.75) is 65.8 Å². The Labute approximate surface area is 225 Å². The number of fused-ring (bicyclic) bond motifs is 1. The normalized spacial score (nSPS) is 17.9. The van der Waals surface area contributed by atoms with Crippen LogP contribution in [0.5, 0.6) is 0 Å². The van der Waals surface area contributed by atoms with E-state index in [0.717, 1.165) is 17.2 Å². The molecule has 4 heterocycles. The van der Waals surface area contributed by atoms with E-state index in [-0.39, 0.29) is 24.9 Å². The Morgan fingerprint density at radius 2 is 1.79 bits per heavy atom. The van der Waals surface area contributed by atoms with Crippen molar-refractivity contribution < 1.29 is 18.0 Å². The highest BCUT2D eigenvalue weighted by Gasteiger charge is 2.38. The third-order valence-electron chi connectivity index (χ3n) is 7.60. The summed E-state index contributed by atoms with van der Waals surface area (Å²) < 4.78 is 43.5. The van der Waals surface area contributed by atoms with Crippen LogP contribution in [0.3, 0.4) is 0 Å². The topological polar surface area (TPSA) is 83.3 Å². The number of aromatic nitrogens is 5. The Bertz CT molecular complexity index is 1350. The molecule has 39 heavy (non-hydrogen) atoms. The first-order valence-corrected chi connectivity index (χ1v) is 13.3. The molecule has 5 rings (SSSR count). The van der Waals surface area contributed by atoms with E-state index in [4.69, 9.17) is 0 Å². The number of hydrogen-bond donors (Lipinski definition) is 0. The number of nitrogens with zero attached hydrogens (tertiary/aromatic N) is 8. The van der Waals surface area contributed by atoms with Gasteiger partial charge in [0.2, 0.25) is 5.91 Å². The van der Waals surface area contributed by atoms with Crippen molar-refractivity contribution in [3.8, 4) is 0 Å². The summed E-state index contributed by atoms with van der Waals surface area (Å²) in [6, 6.07) is 2.68. The van der Waals surface area contributed by atoms with Gasteiger partial charge in [0.15, 0.2) is 0 Å². The molecule has 0 N–H and O–H groups in total. The summed E-state index contributed by atoms with van der Waals surface area (Å²) in [7, 11) is 0. The zero-order chi connectivity index (χ0) is 27.9. The third-order valence-corrected chi connectivity index (χ3v) is 7.60. The molecule has 1 fully saturated rings. The van der Waals surface area contributed by atoms with E-state index in [1.807, 2.05) is 30.6 Å². The van der Waals surface area contributed by atoms with Gasteiger partial charge >= 0.3 is 6.18 Å². The van der Waals surface area contributed by atoms with E-state index in [9.17, 15) is 18.0 Å². The Hall–Kier alpha value is -3.70. The molecule has 1 unspecified atom stereocenters. The highest BCUT2D eigenvalue weighted by molar-refractivity contribution is 5.77. The smallest absolute Gasteiger partial charge is 0.367 e. The van der Waals surface area contributed by atoms with Crippen LogP contribution < -0.4 is 9.80 Å². The molecule has 9 nitrogen and oxygen atoms in total. The van der Waals surface area contributed by atoms with Gasteiger partial charge < -0.3 is 14.7 Å². The number of amides is 1. The Morgan fingerprint density at radius 3 is 2.41 bits per heavy atom. The number of alkyl halides is 3. The molecule has 0 bridgehead atoms. The number of aryl methyl sites for hydroxylation is 3. The Balaban J connectivity index is 1.39. The second-order valence-electron chi connectivity index (χ2n) is 10.2. The van der Waals surface area contributed by atoms with Crippen LogP contribution in [0.2, 0.25) is 0 Å². The van der Waals surface area contributed by atoms with E-state index >= 15 is 0 Å². The van der Waals surface area contributed by atoms with Crippen molar-refractivity contribution >= 4 is 17.3 Å². The summed E-state index contributed by atoms with van der Waals surface area (Å²) in [5.74, 6) is 1.98. The quantitative estimate of drug-likeness (QED) is 0.488. The van der Waals surface area contributed by atoms with Gasteiger partial charge in [-0.1, -0.05) is 6.92 Å². The number of halogens is 3. The van der Waals surface area contributed by atoms with Gasteiger partial charge in [-0.15, -0.1) is 0 Å². The molecule has 0 radical (unpaired) electrons. The maximum atomic E-state index is 14.0. The predicted octanol–water partition coefficient (Wildman–Crippen LogP) is 3.57. The van der Waals surface area contributed by atoms with Crippen molar-refractivity contribution in [3.63, 3.8) is 0 Å². The standard InChI is InChI=1S/C27H33F3N8O/c1-5-25-31-12-20(13-32-25)35-9-8-21-22(15-35)24(7-6-23(21)27(28,29)30)36-10-11-37(17(2)14-36)26(39)16-38-19(4)33-18(3)34-38/h6-7,12-13,17H,5,8-11,14-16H2,1-4H3. The SMILES string of the molecule is CCc1ncc(N2CCc3c(C(F)(F)F)ccc(N4CCN(C(=O)Cn5nc(C)nc5C)C(C)C4)c3C2)cn1. The molecular weight excluding hydrogens is 509 g/mol. The van der Waals surface area contributed by atoms with E-state index in [1.165, 1.54) is 6.07 Å². The maximum Gasteiger partial charge on any atom is 0.416 e. The average molecular weight is 543 g/mol. The molecule has 1 amide bonds. The molecule has 0 spiro atoms. The largest absolute Gasteiger partial charge is 0.416 e. The number of carbonyl (C=O) groups excluding carboxylic acids is 1. The van der Waals surface area contributed by atoms with Crippen molar-refractivity contribution in [3.05, 3.63) is 58.7 Å². The average Bonchev–Trinajstić information content (AvgIpc) is 3.22. The first-order valence-electron chi connectivity index (χ1n) is 13.3. The van der Waals surface area contributed by atoms with Crippen LogP contribution in [0, 0.1) is 13.8 Å². The number of carbonyl (C=O) groups is 1. The van der Waals surface area contributed by atoms with Gasteiger partial charge in [0.25, 0.3) is 0 Å². The summed E-state index contributed by atoms with van der Waals surface area (Å²) in [5.41, 5.74) is 2.04. The number of piperazine rings is 1. The summed E-state index contributed by atoms with van der Waals surface area (Å²) in [6.07, 6.45) is 0.0574. The van der Waals surface area contributed by atoms with Crippen LogP contribution in [0.25, 0.3) is 0 Å². The minimum absolute atomic E-state index is 0.0497. The van der Waals surface area contributed by atoms with Crippen LogP contribution >= 0.6 is 0 Å². The molecule has 12 heteroatoms. The fourth-order valence-corrected chi connectivity index (χ4v) is 5.61. The molecule has 0 saturated carbocycles. The third kappa shape index (κ3) is 5.41. The molecular formula is C27H33F3N8O. The van der Waals surface area contributed by atoms with Crippen LogP contribution in [0.15, 0.2) is 24.5 Å². The molecule has 1 aromatic carbocycles. The highest BCUT2D eigenvalue weighted by Crippen LogP contribution is 2.40. The molecule has 2 aliphatic rings. The fraction of sp³-hybridized carbons (Fsp3) is 0.519. The minimum Gasteiger partial charge on any atom is -0.367 e. The second kappa shape index (κ2) is 10.5. The van der Waals surface area contributed by atoms with Gasteiger partial charge in [0, 0.05) is 50.9 Å². The first kappa shape index (κ1) is 26.9. The van der Waals surface area contributed by atoms with Crippen molar-refractivity contribution in [1.29, 1.82) is 0 Å². The molecule has 2 aliphatic heterocycles. The minimum atomic E-state index is -4.42. The molecule has 2 aromatic heterocycles. The molecule has 3 aromatic rings. The van der Waals surface area contributed by atoms with Crippen molar-refractivity contribution in [2.24, 2.45) is 0 Å². The lowest BCUT2D eigenvalue weighted by atomic mass is 9.91. The lowest BCUT2D eigenvalue weighted by molar-refractivity contribution is -0.138. The van der Waals surface area contributed by atoms with Gasteiger partial charge in [-0.3, -0.25) is 4.79 Å². The van der Waals surface area contributed by atoms with E-state index in [0.29, 0.717) is 61.9 Å². The second-order valence-corrected chi connectivity index (χ2v) is 10.2. The van der Waals surface area contributed by atoms with Gasteiger partial charge in [-0.05, 0) is 50.5 Å². The maximum absolute atomic E-state index is 14.0. The summed E-state index contributed by atoms with van der Waals surface area (Å²) in [4.78, 5) is 32.1. The Morgan fingerprint density at radius 1 is 1.05 bits per heavy atom. The van der Waals surface area contributed by atoms with Crippen LogP contribution in [-0.2, 0) is 36.9 Å². The van der Waals surface area contributed by atoms with Gasteiger partial charge in [-0.25, -0.2) is 19.6 Å². The Kier molecular flexibility index (Phi) is 7.21. The summed E-state index contributed by atoms with van der Waals surface area (Å²) >= 11 is 0.